The first-order chi connectivity index (χ1) is 14.8. The third-order valence-electron chi connectivity index (χ3n) is 4.39. The third-order valence-corrected chi connectivity index (χ3v) is 5.79. The molecule has 6 heteroatoms. The van der Waals surface area contributed by atoms with E-state index in [2.05, 4.69) is 9.97 Å². The summed E-state index contributed by atoms with van der Waals surface area (Å²) in [5.74, 6) is 1.46. The van der Waals surface area contributed by atoms with E-state index in [1.54, 1.807) is 24.8 Å². The zero-order valence-corrected chi connectivity index (χ0v) is 17.0. The third kappa shape index (κ3) is 5.37. The van der Waals surface area contributed by atoms with Crippen molar-refractivity contribution in [2.45, 2.75) is 23.0 Å². The number of benzene rings is 2. The van der Waals surface area contributed by atoms with Crippen LogP contribution in [0.5, 0.6) is 11.5 Å². The van der Waals surface area contributed by atoms with Crippen molar-refractivity contribution in [3.8, 4) is 11.5 Å². The molecule has 0 aliphatic heterocycles. The second kappa shape index (κ2) is 9.91. The van der Waals surface area contributed by atoms with Crippen molar-refractivity contribution in [3.05, 3.63) is 109 Å². The first-order valence-corrected chi connectivity index (χ1v) is 10.6. The molecule has 0 saturated carbocycles. The van der Waals surface area contributed by atoms with Gasteiger partial charge in [0.1, 0.15) is 24.7 Å². The van der Waals surface area contributed by atoms with E-state index in [1.807, 2.05) is 72.8 Å². The number of nitrogens with zero attached hydrogens (tertiary/aromatic N) is 2. The van der Waals surface area contributed by atoms with Crippen LogP contribution < -0.4 is 9.47 Å². The van der Waals surface area contributed by atoms with Crippen LogP contribution >= 0.6 is 0 Å². The van der Waals surface area contributed by atoms with Crippen LogP contribution in [0.2, 0.25) is 0 Å². The summed E-state index contributed by atoms with van der Waals surface area (Å²) in [7, 11) is 0. The Morgan fingerprint density at radius 1 is 0.567 bits per heavy atom. The van der Waals surface area contributed by atoms with Crippen molar-refractivity contribution in [2.75, 3.05) is 0 Å². The van der Waals surface area contributed by atoms with Crippen molar-refractivity contribution < 1.29 is 14.0 Å². The van der Waals surface area contributed by atoms with Crippen molar-refractivity contribution in [1.82, 2.24) is 9.97 Å². The zero-order valence-electron chi connectivity index (χ0n) is 16.2. The lowest BCUT2D eigenvalue weighted by Gasteiger charge is -2.12. The maximum atomic E-state index is 12.8. The highest BCUT2D eigenvalue weighted by molar-refractivity contribution is 7.91. The molecule has 2 aromatic heterocycles. The fourth-order valence-electron chi connectivity index (χ4n) is 2.75. The Kier molecular flexibility index (Phi) is 6.59. The highest BCUT2D eigenvalue weighted by Crippen LogP contribution is 2.25. The summed E-state index contributed by atoms with van der Waals surface area (Å²) in [6.45, 7) is 0.928. The average Bonchev–Trinajstić information content (AvgIpc) is 2.83. The lowest BCUT2D eigenvalue weighted by Crippen LogP contribution is -2.03. The van der Waals surface area contributed by atoms with Crippen LogP contribution in [0.1, 0.15) is 11.1 Å². The van der Waals surface area contributed by atoms with Crippen molar-refractivity contribution in [2.24, 2.45) is 0 Å². The lowest BCUT2D eigenvalue weighted by atomic mass is 10.3. The van der Waals surface area contributed by atoms with Gasteiger partial charge in [-0.2, -0.15) is 0 Å². The van der Waals surface area contributed by atoms with Crippen molar-refractivity contribution >= 4 is 11.2 Å². The summed E-state index contributed by atoms with van der Waals surface area (Å²) in [4.78, 5) is 9.42. The second-order valence-electron chi connectivity index (χ2n) is 6.50. The Labute approximate surface area is 178 Å². The molecule has 0 aliphatic rings. The monoisotopic (exact) mass is 416 g/mol. The van der Waals surface area contributed by atoms with Gasteiger partial charge in [-0.05, 0) is 83.9 Å². The summed E-state index contributed by atoms with van der Waals surface area (Å²) in [5, 5.41) is 0. The van der Waals surface area contributed by atoms with Gasteiger partial charge in [0.05, 0.1) is 0 Å². The van der Waals surface area contributed by atoms with E-state index in [1.165, 1.54) is 0 Å². The molecule has 4 rings (SSSR count). The highest BCUT2D eigenvalue weighted by atomic mass is 32.2. The Bertz CT molecular complexity index is 956. The molecule has 2 aromatic carbocycles. The van der Waals surface area contributed by atoms with Crippen LogP contribution in [0.4, 0.5) is 0 Å². The van der Waals surface area contributed by atoms with E-state index in [-0.39, 0.29) is 0 Å². The van der Waals surface area contributed by atoms with Gasteiger partial charge in [-0.15, -0.1) is 0 Å². The van der Waals surface area contributed by atoms with Gasteiger partial charge in [0.15, 0.2) is 9.79 Å². The van der Waals surface area contributed by atoms with Crippen LogP contribution in [0.3, 0.4) is 0 Å². The number of hydrogen-bond acceptors (Lipinski definition) is 5. The first-order valence-electron chi connectivity index (χ1n) is 9.43. The van der Waals surface area contributed by atoms with Crippen molar-refractivity contribution in [3.63, 3.8) is 0 Å². The molecule has 30 heavy (non-hydrogen) atoms. The molecule has 0 radical (unpaired) electrons. The number of pyridine rings is 2. The summed E-state index contributed by atoms with van der Waals surface area (Å²) in [6.07, 6.45) is 6.95. The molecule has 0 fully saturated rings. The topological polar surface area (TPSA) is 67.3 Å². The quantitative estimate of drug-likeness (QED) is 0.386. The predicted molar refractivity (Wildman–Crippen MR) is 115 cm³/mol. The highest BCUT2D eigenvalue weighted by Gasteiger charge is 2.15. The predicted octanol–water partition coefficient (Wildman–Crippen LogP) is 4.80. The van der Waals surface area contributed by atoms with Crippen LogP contribution in [0.25, 0.3) is 0 Å². The number of hydrogen-bond donors (Lipinski definition) is 0. The Morgan fingerprint density at radius 2 is 0.933 bits per heavy atom. The lowest BCUT2D eigenvalue weighted by molar-refractivity contribution is 0.306. The standard InChI is InChI=1S/C24H20N2O3S/c27-30(23-5-1-21(2-6-23)28-17-19-9-13-25-14-10-19)24-7-3-22(4-8-24)29-18-20-11-15-26-16-12-20/h1-16H,17-18H2. The molecule has 0 N–H and O–H groups in total. The Balaban J connectivity index is 1.33. The molecule has 0 amide bonds. The minimum absolute atomic E-state index is 0.464. The van der Waals surface area contributed by atoms with Gasteiger partial charge < -0.3 is 14.0 Å². The summed E-state index contributed by atoms with van der Waals surface area (Å²) < 4.78 is 24.4. The SMILES string of the molecule is [O-][S+](c1ccc(OCc2ccncc2)cc1)c1ccc(OCc2ccncc2)cc1. The molecule has 0 aliphatic carbocycles. The molecule has 2 heterocycles. The fourth-order valence-corrected chi connectivity index (χ4v) is 3.79. The minimum Gasteiger partial charge on any atom is -0.606 e. The minimum atomic E-state index is -1.27. The summed E-state index contributed by atoms with van der Waals surface area (Å²) in [5.41, 5.74) is 2.09. The van der Waals surface area contributed by atoms with E-state index in [4.69, 9.17) is 9.47 Å². The largest absolute Gasteiger partial charge is 0.606 e. The van der Waals surface area contributed by atoms with Gasteiger partial charge in [-0.3, -0.25) is 9.97 Å². The van der Waals surface area contributed by atoms with Gasteiger partial charge >= 0.3 is 0 Å². The molecule has 0 atom stereocenters. The van der Waals surface area contributed by atoms with E-state index in [0.717, 1.165) is 32.4 Å². The zero-order chi connectivity index (χ0) is 20.6. The molecular formula is C24H20N2O3S. The first kappa shape index (κ1) is 19.9. The molecule has 5 nitrogen and oxygen atoms in total. The van der Waals surface area contributed by atoms with Gasteiger partial charge in [-0.25, -0.2) is 0 Å². The van der Waals surface area contributed by atoms with E-state index in [0.29, 0.717) is 13.2 Å². The number of ether oxygens (including phenoxy) is 2. The maximum absolute atomic E-state index is 12.8. The molecule has 4 aromatic rings. The van der Waals surface area contributed by atoms with Crippen LogP contribution in [-0.4, -0.2) is 14.5 Å². The van der Waals surface area contributed by atoms with Gasteiger partial charge in [-0.1, -0.05) is 0 Å². The van der Waals surface area contributed by atoms with Gasteiger partial charge in [0, 0.05) is 36.0 Å². The van der Waals surface area contributed by atoms with E-state index >= 15 is 0 Å². The fraction of sp³-hybridized carbons (Fsp3) is 0.0833. The molecular weight excluding hydrogens is 396 g/mol. The number of rotatable bonds is 8. The molecule has 0 unspecified atom stereocenters. The van der Waals surface area contributed by atoms with Gasteiger partial charge in [0.25, 0.3) is 0 Å². The summed E-state index contributed by atoms with van der Waals surface area (Å²) >= 11 is -1.27. The molecule has 0 saturated heterocycles. The molecule has 150 valence electrons. The van der Waals surface area contributed by atoms with E-state index < -0.39 is 11.2 Å². The number of aromatic nitrogens is 2. The Morgan fingerprint density at radius 3 is 1.30 bits per heavy atom. The maximum Gasteiger partial charge on any atom is 0.158 e. The van der Waals surface area contributed by atoms with Crippen LogP contribution in [0.15, 0.2) is 107 Å². The summed E-state index contributed by atoms with van der Waals surface area (Å²) in [6, 6.07) is 22.3. The Hall–Kier alpha value is -3.35. The molecule has 0 spiro atoms. The smallest absolute Gasteiger partial charge is 0.158 e. The molecule has 0 bridgehead atoms. The van der Waals surface area contributed by atoms with Crippen molar-refractivity contribution in [1.29, 1.82) is 0 Å². The van der Waals surface area contributed by atoms with E-state index in [9.17, 15) is 4.55 Å². The van der Waals surface area contributed by atoms with Gasteiger partial charge in [0.2, 0.25) is 0 Å². The second-order valence-corrected chi connectivity index (χ2v) is 7.98. The average molecular weight is 417 g/mol. The van der Waals surface area contributed by atoms with Crippen LogP contribution in [0, 0.1) is 0 Å². The van der Waals surface area contributed by atoms with Crippen LogP contribution in [-0.2, 0) is 24.4 Å². The normalized spacial score (nSPS) is 10.7.